The van der Waals surface area contributed by atoms with Crippen LogP contribution in [0.15, 0.2) is 48.5 Å². The minimum Gasteiger partial charge on any atom is -0.354 e. The van der Waals surface area contributed by atoms with Crippen LogP contribution in [0.1, 0.15) is 50.3 Å². The molecule has 2 aromatic carbocycles. The van der Waals surface area contributed by atoms with Crippen LogP contribution in [-0.4, -0.2) is 29.3 Å². The standard InChI is InChI=1S/C24H31FN2O2/c1-4-16-26-24(29)18(3)27(17-21-10-13-22(25)14-11-21)23(28)15-12-20-8-6-19(5-2)7-9-20/h6-11,13-14,18H,4-5,12,15-17H2,1-3H3,(H,26,29)/t18-/m0/s1. The van der Waals surface area contributed by atoms with Crippen LogP contribution >= 0.6 is 0 Å². The first-order valence-corrected chi connectivity index (χ1v) is 10.3. The average molecular weight is 399 g/mol. The number of amides is 2. The summed E-state index contributed by atoms with van der Waals surface area (Å²) >= 11 is 0. The van der Waals surface area contributed by atoms with Crippen LogP contribution < -0.4 is 5.32 Å². The molecule has 5 heteroatoms. The van der Waals surface area contributed by atoms with Gasteiger partial charge in [-0.3, -0.25) is 9.59 Å². The third-order valence-corrected chi connectivity index (χ3v) is 5.04. The van der Waals surface area contributed by atoms with Gasteiger partial charge < -0.3 is 10.2 Å². The molecule has 0 heterocycles. The highest BCUT2D eigenvalue weighted by Crippen LogP contribution is 2.14. The van der Waals surface area contributed by atoms with Crippen molar-refractivity contribution in [3.05, 3.63) is 71.0 Å². The first-order chi connectivity index (χ1) is 13.9. The lowest BCUT2D eigenvalue weighted by molar-refractivity contribution is -0.140. The van der Waals surface area contributed by atoms with E-state index in [1.54, 1.807) is 24.0 Å². The van der Waals surface area contributed by atoms with Gasteiger partial charge in [-0.2, -0.15) is 0 Å². The van der Waals surface area contributed by atoms with E-state index in [1.807, 2.05) is 19.1 Å². The van der Waals surface area contributed by atoms with Gasteiger partial charge in [0.05, 0.1) is 0 Å². The Bertz CT molecular complexity index is 788. The maximum atomic E-state index is 13.2. The maximum absolute atomic E-state index is 13.2. The fourth-order valence-electron chi connectivity index (χ4n) is 3.10. The number of hydrogen-bond donors (Lipinski definition) is 1. The summed E-state index contributed by atoms with van der Waals surface area (Å²) in [6, 6.07) is 13.7. The van der Waals surface area contributed by atoms with Gasteiger partial charge in [-0.15, -0.1) is 0 Å². The molecule has 0 unspecified atom stereocenters. The summed E-state index contributed by atoms with van der Waals surface area (Å²) in [5.74, 6) is -0.585. The highest BCUT2D eigenvalue weighted by molar-refractivity contribution is 5.87. The van der Waals surface area contributed by atoms with Crippen LogP contribution in [0.5, 0.6) is 0 Å². The Hall–Kier alpha value is -2.69. The predicted octanol–water partition coefficient (Wildman–Crippen LogP) is 4.26. The molecule has 0 aliphatic rings. The Morgan fingerprint density at radius 1 is 0.966 bits per heavy atom. The van der Waals surface area contributed by atoms with Crippen molar-refractivity contribution in [2.75, 3.05) is 6.54 Å². The minimum absolute atomic E-state index is 0.0898. The molecular weight excluding hydrogens is 367 g/mol. The molecule has 4 nitrogen and oxygen atoms in total. The normalized spacial score (nSPS) is 11.7. The Labute approximate surface area is 173 Å². The molecular formula is C24H31FN2O2. The first kappa shape index (κ1) is 22.6. The molecule has 0 saturated carbocycles. The number of nitrogens with one attached hydrogen (secondary N) is 1. The number of hydrogen-bond acceptors (Lipinski definition) is 2. The molecule has 29 heavy (non-hydrogen) atoms. The van der Waals surface area contributed by atoms with Crippen LogP contribution in [0, 0.1) is 5.82 Å². The van der Waals surface area contributed by atoms with E-state index in [1.165, 1.54) is 17.7 Å². The van der Waals surface area contributed by atoms with E-state index in [-0.39, 0.29) is 24.2 Å². The van der Waals surface area contributed by atoms with Gasteiger partial charge in [-0.25, -0.2) is 4.39 Å². The van der Waals surface area contributed by atoms with Crippen LogP contribution in [0.4, 0.5) is 4.39 Å². The largest absolute Gasteiger partial charge is 0.354 e. The fourth-order valence-corrected chi connectivity index (χ4v) is 3.10. The molecule has 0 spiro atoms. The SMILES string of the molecule is CCCNC(=O)[C@H](C)N(Cc1ccc(F)cc1)C(=O)CCc1ccc(CC)cc1. The Kier molecular flexibility index (Phi) is 8.84. The number of rotatable bonds is 10. The number of aryl methyl sites for hydroxylation is 2. The van der Waals surface area contributed by atoms with Gasteiger partial charge in [0.15, 0.2) is 0 Å². The lowest BCUT2D eigenvalue weighted by Gasteiger charge is -2.29. The average Bonchev–Trinajstić information content (AvgIpc) is 2.75. The molecule has 0 fully saturated rings. The monoisotopic (exact) mass is 398 g/mol. The summed E-state index contributed by atoms with van der Waals surface area (Å²) in [6.07, 6.45) is 2.75. The summed E-state index contributed by atoms with van der Waals surface area (Å²) < 4.78 is 13.2. The Morgan fingerprint density at radius 3 is 2.14 bits per heavy atom. The predicted molar refractivity (Wildman–Crippen MR) is 114 cm³/mol. The molecule has 0 aliphatic carbocycles. The first-order valence-electron chi connectivity index (χ1n) is 10.3. The van der Waals surface area contributed by atoms with Crippen LogP contribution in [0.2, 0.25) is 0 Å². The summed E-state index contributed by atoms with van der Waals surface area (Å²) in [4.78, 5) is 27.1. The summed E-state index contributed by atoms with van der Waals surface area (Å²) in [5, 5.41) is 2.86. The van der Waals surface area contributed by atoms with Gasteiger partial charge in [-0.05, 0) is 55.0 Å². The van der Waals surface area contributed by atoms with E-state index in [2.05, 4.69) is 24.4 Å². The lowest BCUT2D eigenvalue weighted by Crippen LogP contribution is -2.47. The zero-order valence-corrected chi connectivity index (χ0v) is 17.6. The topological polar surface area (TPSA) is 49.4 Å². The fraction of sp³-hybridized carbons (Fsp3) is 0.417. The van der Waals surface area contributed by atoms with Gasteiger partial charge in [0.25, 0.3) is 0 Å². The van der Waals surface area contributed by atoms with Gasteiger partial charge in [-0.1, -0.05) is 50.2 Å². The second-order valence-corrected chi connectivity index (χ2v) is 7.29. The number of carbonyl (C=O) groups excluding carboxylic acids is 2. The number of carbonyl (C=O) groups is 2. The van der Waals surface area contributed by atoms with E-state index in [0.717, 1.165) is 24.0 Å². The minimum atomic E-state index is -0.596. The third-order valence-electron chi connectivity index (χ3n) is 5.04. The quantitative estimate of drug-likeness (QED) is 0.650. The van der Waals surface area contributed by atoms with Crippen LogP contribution in [-0.2, 0) is 29.0 Å². The van der Waals surface area contributed by atoms with E-state index in [4.69, 9.17) is 0 Å². The van der Waals surface area contributed by atoms with Gasteiger partial charge in [0.2, 0.25) is 11.8 Å². The van der Waals surface area contributed by atoms with E-state index < -0.39 is 6.04 Å². The molecule has 1 atom stereocenters. The van der Waals surface area contributed by atoms with Crippen molar-refractivity contribution >= 4 is 11.8 Å². The van der Waals surface area contributed by atoms with Gasteiger partial charge >= 0.3 is 0 Å². The van der Waals surface area contributed by atoms with E-state index in [0.29, 0.717) is 19.4 Å². The summed E-state index contributed by atoms with van der Waals surface area (Å²) in [7, 11) is 0. The zero-order chi connectivity index (χ0) is 21.2. The Morgan fingerprint density at radius 2 is 1.55 bits per heavy atom. The molecule has 0 aromatic heterocycles. The molecule has 0 aliphatic heterocycles. The molecule has 0 saturated heterocycles. The van der Waals surface area contributed by atoms with Crippen LogP contribution in [0.25, 0.3) is 0 Å². The molecule has 0 radical (unpaired) electrons. The Balaban J connectivity index is 2.09. The van der Waals surface area contributed by atoms with Gasteiger partial charge in [0.1, 0.15) is 11.9 Å². The molecule has 2 amide bonds. The van der Waals surface area contributed by atoms with Crippen LogP contribution in [0.3, 0.4) is 0 Å². The summed E-state index contributed by atoms with van der Waals surface area (Å²) in [5.41, 5.74) is 3.15. The van der Waals surface area contributed by atoms with Crippen molar-refractivity contribution in [2.24, 2.45) is 0 Å². The number of benzene rings is 2. The van der Waals surface area contributed by atoms with Crippen molar-refractivity contribution in [1.82, 2.24) is 10.2 Å². The van der Waals surface area contributed by atoms with Crippen molar-refractivity contribution in [3.8, 4) is 0 Å². The number of halogens is 1. The second kappa shape index (κ2) is 11.3. The maximum Gasteiger partial charge on any atom is 0.242 e. The van der Waals surface area contributed by atoms with E-state index in [9.17, 15) is 14.0 Å². The summed E-state index contributed by atoms with van der Waals surface area (Å²) in [6.45, 7) is 6.68. The molecule has 2 aromatic rings. The second-order valence-electron chi connectivity index (χ2n) is 7.29. The van der Waals surface area contributed by atoms with Gasteiger partial charge in [0, 0.05) is 19.5 Å². The van der Waals surface area contributed by atoms with Crippen molar-refractivity contribution in [3.63, 3.8) is 0 Å². The zero-order valence-electron chi connectivity index (χ0n) is 17.6. The lowest BCUT2D eigenvalue weighted by atomic mass is 10.0. The molecule has 2 rings (SSSR count). The van der Waals surface area contributed by atoms with Crippen molar-refractivity contribution in [1.29, 1.82) is 0 Å². The van der Waals surface area contributed by atoms with Crippen molar-refractivity contribution < 1.29 is 14.0 Å². The molecule has 1 N–H and O–H groups in total. The van der Waals surface area contributed by atoms with E-state index >= 15 is 0 Å². The number of nitrogens with zero attached hydrogens (tertiary/aromatic N) is 1. The highest BCUT2D eigenvalue weighted by atomic mass is 19.1. The van der Waals surface area contributed by atoms with Crippen molar-refractivity contribution in [2.45, 2.75) is 59.0 Å². The molecule has 156 valence electrons. The third kappa shape index (κ3) is 7.00. The smallest absolute Gasteiger partial charge is 0.242 e. The molecule has 0 bridgehead atoms. The highest BCUT2D eigenvalue weighted by Gasteiger charge is 2.25.